The second-order valence-corrected chi connectivity index (χ2v) is 5.28. The molecule has 2 rings (SSSR count). The lowest BCUT2D eigenvalue weighted by molar-refractivity contribution is -0.119. The Kier molecular flexibility index (Phi) is 4.53. The Labute approximate surface area is 120 Å². The summed E-state index contributed by atoms with van der Waals surface area (Å²) in [6, 6.07) is 5.99. The Hall–Kier alpha value is -1.71. The highest BCUT2D eigenvalue weighted by atomic mass is 16.5. The molecule has 1 amide bonds. The molecule has 4 nitrogen and oxygen atoms in total. The molecular formula is C16H23NO3. The SMILES string of the molecule is CCOc1cc(CC2(CC)CCC(=O)N2)ccc1OC. The number of rotatable bonds is 6. The summed E-state index contributed by atoms with van der Waals surface area (Å²) in [5.74, 6) is 1.67. The third-order valence-corrected chi connectivity index (χ3v) is 3.98. The highest BCUT2D eigenvalue weighted by Gasteiger charge is 2.36. The highest BCUT2D eigenvalue weighted by Crippen LogP contribution is 2.32. The Morgan fingerprint density at radius 1 is 1.30 bits per heavy atom. The van der Waals surface area contributed by atoms with E-state index in [-0.39, 0.29) is 11.4 Å². The van der Waals surface area contributed by atoms with Gasteiger partial charge >= 0.3 is 0 Å². The molecule has 4 heteroatoms. The Morgan fingerprint density at radius 3 is 2.65 bits per heavy atom. The number of hydrogen-bond donors (Lipinski definition) is 1. The van der Waals surface area contributed by atoms with E-state index in [4.69, 9.17) is 9.47 Å². The predicted octanol–water partition coefficient (Wildman–Crippen LogP) is 2.70. The average molecular weight is 277 g/mol. The van der Waals surface area contributed by atoms with E-state index >= 15 is 0 Å². The molecule has 0 aliphatic carbocycles. The van der Waals surface area contributed by atoms with Crippen molar-refractivity contribution in [1.82, 2.24) is 5.32 Å². The van der Waals surface area contributed by atoms with Crippen molar-refractivity contribution in [2.75, 3.05) is 13.7 Å². The van der Waals surface area contributed by atoms with E-state index in [9.17, 15) is 4.79 Å². The summed E-state index contributed by atoms with van der Waals surface area (Å²) in [6.07, 6.45) is 3.30. The Bertz CT molecular complexity index is 487. The fourth-order valence-corrected chi connectivity index (χ4v) is 2.79. The largest absolute Gasteiger partial charge is 0.493 e. The molecule has 1 N–H and O–H groups in total. The lowest BCUT2D eigenvalue weighted by Gasteiger charge is -2.28. The van der Waals surface area contributed by atoms with Crippen LogP contribution in [0.3, 0.4) is 0 Å². The Morgan fingerprint density at radius 2 is 2.10 bits per heavy atom. The second kappa shape index (κ2) is 6.16. The molecule has 1 heterocycles. The maximum atomic E-state index is 11.5. The topological polar surface area (TPSA) is 47.6 Å². The minimum atomic E-state index is -0.102. The van der Waals surface area contributed by atoms with E-state index in [1.54, 1.807) is 7.11 Å². The van der Waals surface area contributed by atoms with Gasteiger partial charge in [-0.2, -0.15) is 0 Å². The van der Waals surface area contributed by atoms with Gasteiger partial charge < -0.3 is 14.8 Å². The van der Waals surface area contributed by atoms with Gasteiger partial charge in [-0.1, -0.05) is 13.0 Å². The van der Waals surface area contributed by atoms with Crippen LogP contribution in [0.25, 0.3) is 0 Å². The molecule has 1 aromatic carbocycles. The summed E-state index contributed by atoms with van der Waals surface area (Å²) < 4.78 is 10.9. The normalized spacial score (nSPS) is 21.6. The summed E-state index contributed by atoms with van der Waals surface area (Å²) in [5.41, 5.74) is 1.06. The number of hydrogen-bond acceptors (Lipinski definition) is 3. The number of amides is 1. The van der Waals surface area contributed by atoms with Gasteiger partial charge in [-0.15, -0.1) is 0 Å². The van der Waals surface area contributed by atoms with Crippen LogP contribution in [-0.2, 0) is 11.2 Å². The number of ether oxygens (including phenoxy) is 2. The summed E-state index contributed by atoms with van der Waals surface area (Å²) in [6.45, 7) is 4.69. The van der Waals surface area contributed by atoms with Gasteiger partial charge in [0.15, 0.2) is 11.5 Å². The number of benzene rings is 1. The van der Waals surface area contributed by atoms with Crippen molar-refractivity contribution in [2.24, 2.45) is 0 Å². The van der Waals surface area contributed by atoms with Crippen LogP contribution in [0.5, 0.6) is 11.5 Å². The van der Waals surface area contributed by atoms with Crippen molar-refractivity contribution in [3.8, 4) is 11.5 Å². The van der Waals surface area contributed by atoms with Crippen molar-refractivity contribution in [2.45, 2.75) is 45.1 Å². The molecule has 0 bridgehead atoms. The second-order valence-electron chi connectivity index (χ2n) is 5.28. The summed E-state index contributed by atoms with van der Waals surface area (Å²) >= 11 is 0. The van der Waals surface area contributed by atoms with Gasteiger partial charge in [0.25, 0.3) is 0 Å². The van der Waals surface area contributed by atoms with Crippen LogP contribution < -0.4 is 14.8 Å². The minimum absolute atomic E-state index is 0.102. The quantitative estimate of drug-likeness (QED) is 0.869. The molecule has 1 aliphatic rings. The predicted molar refractivity (Wildman–Crippen MR) is 78.3 cm³/mol. The van der Waals surface area contributed by atoms with Crippen molar-refractivity contribution < 1.29 is 14.3 Å². The van der Waals surface area contributed by atoms with E-state index in [0.29, 0.717) is 13.0 Å². The fraction of sp³-hybridized carbons (Fsp3) is 0.562. The van der Waals surface area contributed by atoms with Crippen LogP contribution in [0.4, 0.5) is 0 Å². The first-order valence-electron chi connectivity index (χ1n) is 7.23. The average Bonchev–Trinajstić information content (AvgIpc) is 2.81. The molecule has 110 valence electrons. The summed E-state index contributed by atoms with van der Waals surface area (Å²) in [5, 5.41) is 3.13. The molecule has 1 aliphatic heterocycles. The molecule has 0 spiro atoms. The zero-order chi connectivity index (χ0) is 14.6. The maximum absolute atomic E-state index is 11.5. The van der Waals surface area contributed by atoms with E-state index in [1.807, 2.05) is 25.1 Å². The minimum Gasteiger partial charge on any atom is -0.493 e. The van der Waals surface area contributed by atoms with Crippen LogP contribution in [0, 0.1) is 0 Å². The maximum Gasteiger partial charge on any atom is 0.220 e. The number of carbonyl (C=O) groups is 1. The molecule has 1 aromatic rings. The van der Waals surface area contributed by atoms with Gasteiger partial charge in [0, 0.05) is 12.0 Å². The summed E-state index contributed by atoms with van der Waals surface area (Å²) in [4.78, 5) is 11.5. The van der Waals surface area contributed by atoms with Gasteiger partial charge in [-0.3, -0.25) is 4.79 Å². The van der Waals surface area contributed by atoms with E-state index in [0.717, 1.165) is 30.8 Å². The monoisotopic (exact) mass is 277 g/mol. The van der Waals surface area contributed by atoms with Crippen molar-refractivity contribution in [1.29, 1.82) is 0 Å². The molecule has 1 unspecified atom stereocenters. The Balaban J connectivity index is 2.20. The third kappa shape index (κ3) is 3.06. The molecule has 0 aromatic heterocycles. The van der Waals surface area contributed by atoms with Crippen LogP contribution in [0.15, 0.2) is 18.2 Å². The molecule has 20 heavy (non-hydrogen) atoms. The molecule has 1 fully saturated rings. The lowest BCUT2D eigenvalue weighted by atomic mass is 9.87. The van der Waals surface area contributed by atoms with Crippen molar-refractivity contribution in [3.63, 3.8) is 0 Å². The first-order valence-corrected chi connectivity index (χ1v) is 7.23. The lowest BCUT2D eigenvalue weighted by Crippen LogP contribution is -2.42. The smallest absolute Gasteiger partial charge is 0.220 e. The van der Waals surface area contributed by atoms with Gasteiger partial charge in [0.1, 0.15) is 0 Å². The first-order chi connectivity index (χ1) is 9.62. The van der Waals surface area contributed by atoms with Gasteiger partial charge in [-0.25, -0.2) is 0 Å². The van der Waals surface area contributed by atoms with Gasteiger partial charge in [0.2, 0.25) is 5.91 Å². The fourth-order valence-electron chi connectivity index (χ4n) is 2.79. The first kappa shape index (κ1) is 14.7. The van der Waals surface area contributed by atoms with Crippen LogP contribution in [-0.4, -0.2) is 25.2 Å². The molecule has 1 atom stereocenters. The van der Waals surface area contributed by atoms with E-state index in [1.165, 1.54) is 5.56 Å². The van der Waals surface area contributed by atoms with Crippen LogP contribution in [0.1, 0.15) is 38.7 Å². The number of methoxy groups -OCH3 is 1. The van der Waals surface area contributed by atoms with Crippen molar-refractivity contribution >= 4 is 5.91 Å². The van der Waals surface area contributed by atoms with Gasteiger partial charge in [-0.05, 0) is 43.9 Å². The molecule has 0 radical (unpaired) electrons. The number of nitrogens with one attached hydrogen (secondary N) is 1. The third-order valence-electron chi connectivity index (χ3n) is 3.98. The van der Waals surface area contributed by atoms with Crippen LogP contribution >= 0.6 is 0 Å². The molecule has 0 saturated carbocycles. The zero-order valence-corrected chi connectivity index (χ0v) is 12.5. The molecular weight excluding hydrogens is 254 g/mol. The van der Waals surface area contributed by atoms with Crippen molar-refractivity contribution in [3.05, 3.63) is 23.8 Å². The summed E-state index contributed by atoms with van der Waals surface area (Å²) in [7, 11) is 1.64. The standard InChI is InChI=1S/C16H23NO3/c1-4-16(9-8-15(18)17-16)11-12-6-7-13(19-3)14(10-12)20-5-2/h6-7,10H,4-5,8-9,11H2,1-3H3,(H,17,18). The van der Waals surface area contributed by atoms with Crippen LogP contribution in [0.2, 0.25) is 0 Å². The zero-order valence-electron chi connectivity index (χ0n) is 12.5. The molecule has 1 saturated heterocycles. The van der Waals surface area contributed by atoms with E-state index in [2.05, 4.69) is 12.2 Å². The highest BCUT2D eigenvalue weighted by molar-refractivity contribution is 5.79. The van der Waals surface area contributed by atoms with E-state index < -0.39 is 0 Å². The number of carbonyl (C=O) groups excluding carboxylic acids is 1. The van der Waals surface area contributed by atoms with Gasteiger partial charge in [0.05, 0.1) is 13.7 Å².